The van der Waals surface area contributed by atoms with E-state index in [9.17, 15) is 4.21 Å². The lowest BCUT2D eigenvalue weighted by Crippen LogP contribution is -2.45. The Hall–Kier alpha value is 0.0700. The molecule has 0 aromatic rings. The monoisotopic (exact) mass is 246 g/mol. The third-order valence-electron chi connectivity index (χ3n) is 3.34. The van der Waals surface area contributed by atoms with Crippen LogP contribution in [0.15, 0.2) is 0 Å². The highest BCUT2D eigenvalue weighted by molar-refractivity contribution is 7.84. The molecular weight excluding hydrogens is 220 g/mol. The summed E-state index contributed by atoms with van der Waals surface area (Å²) in [6.45, 7) is 9.82. The number of piperidine rings is 1. The molecule has 96 valence electrons. The highest BCUT2D eigenvalue weighted by atomic mass is 32.2. The van der Waals surface area contributed by atoms with Crippen molar-refractivity contribution in [2.24, 2.45) is 0 Å². The average Bonchev–Trinajstić information content (AvgIpc) is 2.29. The summed E-state index contributed by atoms with van der Waals surface area (Å²) in [5, 5.41) is 3.53. The molecule has 4 heteroatoms. The second kappa shape index (κ2) is 7.41. The quantitative estimate of drug-likeness (QED) is 0.765. The van der Waals surface area contributed by atoms with Gasteiger partial charge in [-0.3, -0.25) is 4.21 Å². The van der Waals surface area contributed by atoms with E-state index in [2.05, 4.69) is 24.1 Å². The minimum absolute atomic E-state index is 0.619. The van der Waals surface area contributed by atoms with E-state index >= 15 is 0 Å². The Bertz CT molecular complexity index is 213. The van der Waals surface area contributed by atoms with Crippen LogP contribution in [0, 0.1) is 0 Å². The number of likely N-dealkylation sites (tertiary alicyclic amines) is 1. The first kappa shape index (κ1) is 14.1. The number of rotatable bonds is 6. The van der Waals surface area contributed by atoms with Crippen molar-refractivity contribution < 1.29 is 4.21 Å². The SMILES string of the molecule is CCS(=O)CCNC1CCN(C(C)C)CC1. The van der Waals surface area contributed by atoms with E-state index in [-0.39, 0.29) is 0 Å². The van der Waals surface area contributed by atoms with E-state index < -0.39 is 10.8 Å². The van der Waals surface area contributed by atoms with Gasteiger partial charge in [0.25, 0.3) is 0 Å². The molecule has 1 unspecified atom stereocenters. The zero-order valence-electron chi connectivity index (χ0n) is 10.9. The van der Waals surface area contributed by atoms with Crippen molar-refractivity contribution in [1.82, 2.24) is 10.2 Å². The van der Waals surface area contributed by atoms with Gasteiger partial charge in [-0.1, -0.05) is 6.92 Å². The molecule has 16 heavy (non-hydrogen) atoms. The van der Waals surface area contributed by atoms with Gasteiger partial charge < -0.3 is 10.2 Å². The summed E-state index contributed by atoms with van der Waals surface area (Å²) in [5.41, 5.74) is 0. The number of hydrogen-bond donors (Lipinski definition) is 1. The van der Waals surface area contributed by atoms with E-state index in [0.717, 1.165) is 18.1 Å². The maximum absolute atomic E-state index is 11.3. The standard InChI is InChI=1S/C12H26N2OS/c1-4-16(15)10-7-13-12-5-8-14(9-6-12)11(2)3/h11-13H,4-10H2,1-3H3. The summed E-state index contributed by atoms with van der Waals surface area (Å²) in [7, 11) is -0.619. The molecule has 1 rings (SSSR count). The van der Waals surface area contributed by atoms with Crippen LogP contribution in [0.4, 0.5) is 0 Å². The Labute approximate surface area is 102 Å². The minimum atomic E-state index is -0.619. The Morgan fingerprint density at radius 2 is 2.00 bits per heavy atom. The van der Waals surface area contributed by atoms with E-state index in [0.29, 0.717) is 12.1 Å². The molecule has 0 aliphatic carbocycles. The van der Waals surface area contributed by atoms with Crippen LogP contribution in [-0.2, 0) is 10.8 Å². The van der Waals surface area contributed by atoms with Crippen molar-refractivity contribution >= 4 is 10.8 Å². The second-order valence-corrected chi connectivity index (χ2v) is 6.66. The summed E-state index contributed by atoms with van der Waals surface area (Å²) >= 11 is 0. The van der Waals surface area contributed by atoms with Gasteiger partial charge >= 0.3 is 0 Å². The van der Waals surface area contributed by atoms with Crippen molar-refractivity contribution in [3.8, 4) is 0 Å². The Kier molecular flexibility index (Phi) is 6.54. The Morgan fingerprint density at radius 1 is 1.38 bits per heavy atom. The van der Waals surface area contributed by atoms with Crippen molar-refractivity contribution in [3.05, 3.63) is 0 Å². The van der Waals surface area contributed by atoms with Gasteiger partial charge in [0.15, 0.2) is 0 Å². The van der Waals surface area contributed by atoms with Crippen molar-refractivity contribution in [2.45, 2.75) is 45.7 Å². The molecule has 0 aromatic carbocycles. The Balaban J connectivity index is 2.10. The van der Waals surface area contributed by atoms with Crippen LogP contribution >= 0.6 is 0 Å². The molecule has 0 spiro atoms. The molecule has 1 saturated heterocycles. The molecule has 1 fully saturated rings. The van der Waals surface area contributed by atoms with Crippen molar-refractivity contribution in [2.75, 3.05) is 31.1 Å². The van der Waals surface area contributed by atoms with Crippen LogP contribution in [0.2, 0.25) is 0 Å². The zero-order valence-corrected chi connectivity index (χ0v) is 11.7. The lowest BCUT2D eigenvalue weighted by Gasteiger charge is -2.35. The van der Waals surface area contributed by atoms with E-state index in [4.69, 9.17) is 0 Å². The summed E-state index contributed by atoms with van der Waals surface area (Å²) in [5.74, 6) is 1.59. The molecule has 0 bridgehead atoms. The van der Waals surface area contributed by atoms with Crippen molar-refractivity contribution in [1.29, 1.82) is 0 Å². The molecule has 0 aromatic heterocycles. The highest BCUT2D eigenvalue weighted by Gasteiger charge is 2.19. The summed E-state index contributed by atoms with van der Waals surface area (Å²) < 4.78 is 11.3. The first-order valence-corrected chi connectivity index (χ1v) is 7.94. The summed E-state index contributed by atoms with van der Waals surface area (Å²) in [4.78, 5) is 2.53. The maximum atomic E-state index is 11.3. The van der Waals surface area contributed by atoms with Gasteiger partial charge in [-0.15, -0.1) is 0 Å². The molecule has 0 radical (unpaired) electrons. The average molecular weight is 246 g/mol. The topological polar surface area (TPSA) is 32.3 Å². The van der Waals surface area contributed by atoms with Crippen LogP contribution in [0.25, 0.3) is 0 Å². The fraction of sp³-hybridized carbons (Fsp3) is 1.00. The third kappa shape index (κ3) is 4.93. The van der Waals surface area contributed by atoms with Crippen LogP contribution in [-0.4, -0.2) is 52.3 Å². The zero-order chi connectivity index (χ0) is 12.0. The fourth-order valence-electron chi connectivity index (χ4n) is 2.14. The van der Waals surface area contributed by atoms with Gasteiger partial charge in [-0.2, -0.15) is 0 Å². The van der Waals surface area contributed by atoms with Gasteiger partial charge in [-0.05, 0) is 39.8 Å². The maximum Gasteiger partial charge on any atom is 0.0360 e. The van der Waals surface area contributed by atoms with Gasteiger partial charge in [0.2, 0.25) is 0 Å². The van der Waals surface area contributed by atoms with Crippen LogP contribution in [0.5, 0.6) is 0 Å². The smallest absolute Gasteiger partial charge is 0.0360 e. The number of nitrogens with one attached hydrogen (secondary N) is 1. The lowest BCUT2D eigenvalue weighted by atomic mass is 10.0. The molecule has 0 saturated carbocycles. The normalized spacial score (nSPS) is 21.5. The first-order chi connectivity index (χ1) is 7.63. The molecule has 1 N–H and O–H groups in total. The predicted molar refractivity (Wildman–Crippen MR) is 71.3 cm³/mol. The van der Waals surface area contributed by atoms with E-state index in [1.165, 1.54) is 25.9 Å². The third-order valence-corrected chi connectivity index (χ3v) is 4.65. The molecule has 1 heterocycles. The van der Waals surface area contributed by atoms with Crippen LogP contribution in [0.3, 0.4) is 0 Å². The summed E-state index contributed by atoms with van der Waals surface area (Å²) in [6, 6.07) is 1.32. The van der Waals surface area contributed by atoms with Gasteiger partial charge in [0.1, 0.15) is 0 Å². The molecular formula is C12H26N2OS. The van der Waals surface area contributed by atoms with Crippen LogP contribution < -0.4 is 5.32 Å². The molecule has 1 aliphatic rings. The number of nitrogens with zero attached hydrogens (tertiary/aromatic N) is 1. The largest absolute Gasteiger partial charge is 0.313 e. The van der Waals surface area contributed by atoms with Gasteiger partial charge in [-0.25, -0.2) is 0 Å². The van der Waals surface area contributed by atoms with E-state index in [1.54, 1.807) is 0 Å². The molecule has 3 nitrogen and oxygen atoms in total. The molecule has 1 atom stereocenters. The van der Waals surface area contributed by atoms with Gasteiger partial charge in [0, 0.05) is 40.9 Å². The van der Waals surface area contributed by atoms with E-state index in [1.807, 2.05) is 6.92 Å². The minimum Gasteiger partial charge on any atom is -0.313 e. The predicted octanol–water partition coefficient (Wildman–Crippen LogP) is 1.22. The molecule has 1 aliphatic heterocycles. The first-order valence-electron chi connectivity index (χ1n) is 6.46. The highest BCUT2D eigenvalue weighted by Crippen LogP contribution is 2.12. The van der Waals surface area contributed by atoms with Crippen molar-refractivity contribution in [3.63, 3.8) is 0 Å². The molecule has 0 amide bonds. The number of hydrogen-bond acceptors (Lipinski definition) is 3. The lowest BCUT2D eigenvalue weighted by molar-refractivity contribution is 0.162. The second-order valence-electron chi connectivity index (χ2n) is 4.79. The van der Waals surface area contributed by atoms with Gasteiger partial charge in [0.05, 0.1) is 0 Å². The fourth-order valence-corrected chi connectivity index (χ4v) is 2.78. The summed E-state index contributed by atoms with van der Waals surface area (Å²) in [6.07, 6.45) is 2.47. The Morgan fingerprint density at radius 3 is 2.50 bits per heavy atom. The van der Waals surface area contributed by atoms with Crippen LogP contribution in [0.1, 0.15) is 33.6 Å².